The Morgan fingerprint density at radius 3 is 2.58 bits per heavy atom. The molecule has 1 aliphatic rings. The van der Waals surface area contributed by atoms with Crippen molar-refractivity contribution in [3.05, 3.63) is 58.9 Å². The van der Waals surface area contributed by atoms with Crippen molar-refractivity contribution in [2.75, 3.05) is 19.8 Å². The van der Waals surface area contributed by atoms with Gasteiger partial charge in [-0.05, 0) is 42.7 Å². The summed E-state index contributed by atoms with van der Waals surface area (Å²) in [6, 6.07) is 10.1. The van der Waals surface area contributed by atoms with E-state index in [4.69, 9.17) is 9.47 Å². The summed E-state index contributed by atoms with van der Waals surface area (Å²) in [6.45, 7) is 7.19. The molecule has 0 radical (unpaired) electrons. The van der Waals surface area contributed by atoms with Gasteiger partial charge in [0.05, 0.1) is 11.3 Å². The third kappa shape index (κ3) is 5.04. The highest BCUT2D eigenvalue weighted by molar-refractivity contribution is 5.43. The van der Waals surface area contributed by atoms with Crippen LogP contribution in [0.25, 0.3) is 0 Å². The monoisotopic (exact) mass is 356 g/mol. The Bertz CT molecular complexity index is 689. The number of ether oxygens (including phenoxy) is 2. The molecular formula is C21H28N2O3. The molecule has 0 amide bonds. The van der Waals surface area contributed by atoms with E-state index in [2.05, 4.69) is 36.3 Å². The molecule has 140 valence electrons. The normalized spacial score (nSPS) is 16.4. The molecule has 1 aromatic heterocycles. The summed E-state index contributed by atoms with van der Waals surface area (Å²) in [5, 5.41) is 13.9. The highest BCUT2D eigenvalue weighted by Gasteiger charge is 2.29. The number of aryl methyl sites for hydroxylation is 2. The lowest BCUT2D eigenvalue weighted by Crippen LogP contribution is -2.44. The maximum atomic E-state index is 10.5. The second-order valence-corrected chi connectivity index (χ2v) is 7.11. The van der Waals surface area contributed by atoms with E-state index in [1.165, 1.54) is 5.56 Å². The number of nitrogens with one attached hydrogen (secondary N) is 1. The second kappa shape index (κ2) is 8.62. The first kappa shape index (κ1) is 18.8. The molecular weight excluding hydrogens is 328 g/mol. The molecule has 0 unspecified atom stereocenters. The van der Waals surface area contributed by atoms with E-state index >= 15 is 0 Å². The standard InChI is InChI=1S/C21H28N2O3/c1-16-11-18(13-22-15-21(24)6-9-25-10-7-21)12-17(2)20(16)26-14-19-5-3-4-8-23-19/h3-5,8,11-12,22,24H,6-7,9-10,13-15H2,1-2H3. The van der Waals surface area contributed by atoms with Crippen LogP contribution in [0.3, 0.4) is 0 Å². The summed E-state index contributed by atoms with van der Waals surface area (Å²) >= 11 is 0. The average Bonchev–Trinajstić information content (AvgIpc) is 2.62. The Kier molecular flexibility index (Phi) is 6.25. The SMILES string of the molecule is Cc1cc(CNCC2(O)CCOCC2)cc(C)c1OCc1ccccn1. The molecule has 26 heavy (non-hydrogen) atoms. The summed E-state index contributed by atoms with van der Waals surface area (Å²) in [7, 11) is 0. The number of hydrogen-bond acceptors (Lipinski definition) is 5. The van der Waals surface area contributed by atoms with E-state index in [1.807, 2.05) is 18.2 Å². The van der Waals surface area contributed by atoms with E-state index < -0.39 is 5.60 Å². The molecule has 1 aliphatic heterocycles. The zero-order valence-corrected chi connectivity index (χ0v) is 15.6. The number of benzene rings is 1. The molecule has 0 atom stereocenters. The number of rotatable bonds is 7. The van der Waals surface area contributed by atoms with Crippen LogP contribution in [0.1, 0.15) is 35.2 Å². The predicted octanol–water partition coefficient (Wildman–Crippen LogP) is 2.91. The van der Waals surface area contributed by atoms with E-state index in [9.17, 15) is 5.11 Å². The number of aliphatic hydroxyl groups is 1. The Labute approximate surface area is 155 Å². The van der Waals surface area contributed by atoms with Gasteiger partial charge >= 0.3 is 0 Å². The van der Waals surface area contributed by atoms with Crippen LogP contribution in [0, 0.1) is 13.8 Å². The van der Waals surface area contributed by atoms with Crippen molar-refractivity contribution in [2.24, 2.45) is 0 Å². The molecule has 5 nitrogen and oxygen atoms in total. The lowest BCUT2D eigenvalue weighted by molar-refractivity contribution is -0.0617. The van der Waals surface area contributed by atoms with Gasteiger partial charge < -0.3 is 19.9 Å². The Morgan fingerprint density at radius 2 is 1.92 bits per heavy atom. The Balaban J connectivity index is 1.56. The van der Waals surface area contributed by atoms with E-state index in [0.29, 0.717) is 39.2 Å². The molecule has 1 fully saturated rings. The van der Waals surface area contributed by atoms with Gasteiger partial charge in [0, 0.05) is 45.3 Å². The number of nitrogens with zero attached hydrogens (tertiary/aromatic N) is 1. The van der Waals surface area contributed by atoms with E-state index in [0.717, 1.165) is 29.1 Å². The van der Waals surface area contributed by atoms with Gasteiger partial charge in [0.15, 0.2) is 0 Å². The van der Waals surface area contributed by atoms with Crippen molar-refractivity contribution < 1.29 is 14.6 Å². The highest BCUT2D eigenvalue weighted by Crippen LogP contribution is 2.26. The zero-order chi connectivity index (χ0) is 18.4. The smallest absolute Gasteiger partial charge is 0.130 e. The van der Waals surface area contributed by atoms with Crippen molar-refractivity contribution in [1.29, 1.82) is 0 Å². The summed E-state index contributed by atoms with van der Waals surface area (Å²) in [6.07, 6.45) is 3.16. The molecule has 2 N–H and O–H groups in total. The summed E-state index contributed by atoms with van der Waals surface area (Å²) in [4.78, 5) is 4.29. The molecule has 0 bridgehead atoms. The van der Waals surface area contributed by atoms with Crippen LogP contribution in [0.4, 0.5) is 0 Å². The minimum Gasteiger partial charge on any atom is -0.487 e. The lowest BCUT2D eigenvalue weighted by Gasteiger charge is -2.32. The van der Waals surface area contributed by atoms with Crippen LogP contribution in [0.2, 0.25) is 0 Å². The lowest BCUT2D eigenvalue weighted by atomic mass is 9.94. The van der Waals surface area contributed by atoms with Crippen molar-refractivity contribution in [1.82, 2.24) is 10.3 Å². The fourth-order valence-electron chi connectivity index (χ4n) is 3.37. The van der Waals surface area contributed by atoms with Gasteiger partial charge in [-0.2, -0.15) is 0 Å². The largest absolute Gasteiger partial charge is 0.487 e. The van der Waals surface area contributed by atoms with E-state index in [-0.39, 0.29) is 0 Å². The van der Waals surface area contributed by atoms with Crippen molar-refractivity contribution in [3.8, 4) is 5.75 Å². The first-order valence-corrected chi connectivity index (χ1v) is 9.19. The Morgan fingerprint density at radius 1 is 1.19 bits per heavy atom. The van der Waals surface area contributed by atoms with E-state index in [1.54, 1.807) is 6.20 Å². The first-order valence-electron chi connectivity index (χ1n) is 9.19. The topological polar surface area (TPSA) is 63.6 Å². The van der Waals surface area contributed by atoms with Gasteiger partial charge in [0.1, 0.15) is 12.4 Å². The van der Waals surface area contributed by atoms with Gasteiger partial charge in [-0.1, -0.05) is 18.2 Å². The van der Waals surface area contributed by atoms with Crippen LogP contribution in [-0.4, -0.2) is 35.5 Å². The first-order chi connectivity index (χ1) is 12.6. The van der Waals surface area contributed by atoms with Crippen molar-refractivity contribution >= 4 is 0 Å². The number of hydrogen-bond donors (Lipinski definition) is 2. The molecule has 0 spiro atoms. The minimum atomic E-state index is -0.645. The van der Waals surface area contributed by atoms with Gasteiger partial charge in [0.2, 0.25) is 0 Å². The van der Waals surface area contributed by atoms with Crippen LogP contribution in [-0.2, 0) is 17.9 Å². The zero-order valence-electron chi connectivity index (χ0n) is 15.6. The van der Waals surface area contributed by atoms with Gasteiger partial charge in [-0.25, -0.2) is 0 Å². The Hall–Kier alpha value is -1.95. The summed E-state index contributed by atoms with van der Waals surface area (Å²) in [5.41, 5.74) is 3.70. The van der Waals surface area contributed by atoms with Crippen LogP contribution >= 0.6 is 0 Å². The molecule has 0 aliphatic carbocycles. The number of pyridine rings is 1. The van der Waals surface area contributed by atoms with Gasteiger partial charge in [0.25, 0.3) is 0 Å². The van der Waals surface area contributed by atoms with Gasteiger partial charge in [-0.15, -0.1) is 0 Å². The third-order valence-corrected chi connectivity index (χ3v) is 4.82. The van der Waals surface area contributed by atoms with Crippen molar-refractivity contribution in [3.63, 3.8) is 0 Å². The van der Waals surface area contributed by atoms with Crippen LogP contribution < -0.4 is 10.1 Å². The van der Waals surface area contributed by atoms with Crippen LogP contribution in [0.15, 0.2) is 36.5 Å². The fraction of sp³-hybridized carbons (Fsp3) is 0.476. The quantitative estimate of drug-likeness (QED) is 0.799. The average molecular weight is 356 g/mol. The fourth-order valence-corrected chi connectivity index (χ4v) is 3.37. The molecule has 1 aromatic carbocycles. The maximum absolute atomic E-state index is 10.5. The molecule has 5 heteroatoms. The minimum absolute atomic E-state index is 0.467. The highest BCUT2D eigenvalue weighted by atomic mass is 16.5. The second-order valence-electron chi connectivity index (χ2n) is 7.11. The third-order valence-electron chi connectivity index (χ3n) is 4.82. The predicted molar refractivity (Wildman–Crippen MR) is 101 cm³/mol. The molecule has 2 heterocycles. The summed E-state index contributed by atoms with van der Waals surface area (Å²) < 4.78 is 11.3. The number of aromatic nitrogens is 1. The molecule has 0 saturated carbocycles. The molecule has 3 rings (SSSR count). The van der Waals surface area contributed by atoms with Gasteiger partial charge in [-0.3, -0.25) is 4.98 Å². The molecule has 2 aromatic rings. The molecule has 1 saturated heterocycles. The van der Waals surface area contributed by atoms with Crippen LogP contribution in [0.5, 0.6) is 5.75 Å². The van der Waals surface area contributed by atoms with Crippen molar-refractivity contribution in [2.45, 2.75) is 45.4 Å². The maximum Gasteiger partial charge on any atom is 0.130 e. The summed E-state index contributed by atoms with van der Waals surface area (Å²) in [5.74, 6) is 0.919.